The summed E-state index contributed by atoms with van der Waals surface area (Å²) in [6.45, 7) is 2.15. The summed E-state index contributed by atoms with van der Waals surface area (Å²) in [4.78, 5) is 8.98. The van der Waals surface area contributed by atoms with Gasteiger partial charge in [0.05, 0.1) is 5.69 Å². The van der Waals surface area contributed by atoms with Gasteiger partial charge in [-0.3, -0.25) is 4.98 Å². The lowest BCUT2D eigenvalue weighted by atomic mass is 10.1. The average Bonchev–Trinajstić information content (AvgIpc) is 2.97. The minimum absolute atomic E-state index is 0.990. The predicted octanol–water partition coefficient (Wildman–Crippen LogP) is 5.20. The molecular weight excluding hydrogens is 332 g/mol. The first-order chi connectivity index (χ1) is 9.78. The number of benzene rings is 1. The molecule has 0 radical (unpaired) electrons. The molecule has 0 N–H and O–H groups in total. The maximum Gasteiger partial charge on any atom is 0.125 e. The van der Waals surface area contributed by atoms with Gasteiger partial charge in [0.25, 0.3) is 0 Å². The van der Waals surface area contributed by atoms with E-state index in [1.165, 1.54) is 5.56 Å². The molecule has 0 aliphatic carbocycles. The van der Waals surface area contributed by atoms with Crippen LogP contribution < -0.4 is 0 Å². The first-order valence-electron chi connectivity index (χ1n) is 6.42. The number of nitrogens with zero attached hydrogens (tertiary/aromatic N) is 2. The lowest BCUT2D eigenvalue weighted by Gasteiger charge is -2.03. The van der Waals surface area contributed by atoms with Gasteiger partial charge in [-0.25, -0.2) is 4.98 Å². The molecule has 2 aromatic heterocycles. The zero-order chi connectivity index (χ0) is 13.9. The van der Waals surface area contributed by atoms with Crippen molar-refractivity contribution in [2.24, 2.45) is 0 Å². The lowest BCUT2D eigenvalue weighted by molar-refractivity contribution is 1.12. The largest absolute Gasteiger partial charge is 0.264 e. The van der Waals surface area contributed by atoms with Crippen LogP contribution >= 0.6 is 27.3 Å². The first kappa shape index (κ1) is 13.5. The highest BCUT2D eigenvalue weighted by Crippen LogP contribution is 2.31. The monoisotopic (exact) mass is 344 g/mol. The minimum atomic E-state index is 0.990. The van der Waals surface area contributed by atoms with E-state index in [9.17, 15) is 0 Å². The van der Waals surface area contributed by atoms with Crippen molar-refractivity contribution in [1.29, 1.82) is 0 Å². The van der Waals surface area contributed by atoms with Gasteiger partial charge in [-0.05, 0) is 30.2 Å². The number of pyridine rings is 1. The zero-order valence-electron chi connectivity index (χ0n) is 11.0. The van der Waals surface area contributed by atoms with Crippen LogP contribution in [0.2, 0.25) is 0 Å². The van der Waals surface area contributed by atoms with E-state index in [-0.39, 0.29) is 0 Å². The number of halogens is 1. The molecular formula is C16H13BrN2S. The number of aromatic nitrogens is 2. The fraction of sp³-hybridized carbons (Fsp3) is 0.125. The molecule has 100 valence electrons. The Balaban J connectivity index is 2.02. The Bertz CT molecular complexity index is 737. The molecule has 0 aliphatic rings. The summed E-state index contributed by atoms with van der Waals surface area (Å²) < 4.78 is 1.07. The second-order valence-electron chi connectivity index (χ2n) is 4.43. The van der Waals surface area contributed by atoms with Crippen LogP contribution in [0.15, 0.2) is 52.6 Å². The quantitative estimate of drug-likeness (QED) is 0.652. The third-order valence-electron chi connectivity index (χ3n) is 3.15. The van der Waals surface area contributed by atoms with Crippen molar-refractivity contribution in [1.82, 2.24) is 9.97 Å². The molecule has 0 fully saturated rings. The number of aryl methyl sites for hydroxylation is 1. The fourth-order valence-corrected chi connectivity index (χ4v) is 3.38. The van der Waals surface area contributed by atoms with Gasteiger partial charge < -0.3 is 0 Å². The van der Waals surface area contributed by atoms with Gasteiger partial charge in [-0.2, -0.15) is 0 Å². The highest BCUT2D eigenvalue weighted by molar-refractivity contribution is 9.10. The molecule has 0 aliphatic heterocycles. The Kier molecular flexibility index (Phi) is 3.94. The summed E-state index contributed by atoms with van der Waals surface area (Å²) in [5.74, 6) is 0. The predicted molar refractivity (Wildman–Crippen MR) is 87.9 cm³/mol. The summed E-state index contributed by atoms with van der Waals surface area (Å²) in [5.41, 5.74) is 4.57. The smallest absolute Gasteiger partial charge is 0.125 e. The van der Waals surface area contributed by atoms with Crippen LogP contribution in [-0.4, -0.2) is 9.97 Å². The Morgan fingerprint density at radius 1 is 1.25 bits per heavy atom. The molecule has 0 bridgehead atoms. The molecule has 3 aromatic rings. The van der Waals surface area contributed by atoms with Crippen LogP contribution in [0.25, 0.3) is 21.8 Å². The maximum atomic E-state index is 4.76. The Labute approximate surface area is 130 Å². The van der Waals surface area contributed by atoms with Gasteiger partial charge in [-0.15, -0.1) is 11.3 Å². The van der Waals surface area contributed by atoms with E-state index < -0.39 is 0 Å². The Hall–Kier alpha value is -1.52. The first-order valence-corrected chi connectivity index (χ1v) is 8.10. The molecule has 0 atom stereocenters. The van der Waals surface area contributed by atoms with E-state index >= 15 is 0 Å². The van der Waals surface area contributed by atoms with Gasteiger partial charge in [0.15, 0.2) is 0 Å². The van der Waals surface area contributed by atoms with Gasteiger partial charge >= 0.3 is 0 Å². The van der Waals surface area contributed by atoms with Gasteiger partial charge in [0.1, 0.15) is 5.01 Å². The summed E-state index contributed by atoms with van der Waals surface area (Å²) in [5, 5.41) is 3.13. The summed E-state index contributed by atoms with van der Waals surface area (Å²) >= 11 is 5.17. The Morgan fingerprint density at radius 2 is 2.15 bits per heavy atom. The number of hydrogen-bond acceptors (Lipinski definition) is 3. The number of rotatable bonds is 3. The van der Waals surface area contributed by atoms with Crippen LogP contribution in [0.5, 0.6) is 0 Å². The SMILES string of the molecule is CCc1ccncc1-c1nc(-c2cccc(Br)c2)cs1. The second kappa shape index (κ2) is 5.85. The normalized spacial score (nSPS) is 10.7. The molecule has 0 amide bonds. The molecule has 0 saturated heterocycles. The van der Waals surface area contributed by atoms with E-state index in [0.717, 1.165) is 32.7 Å². The Morgan fingerprint density at radius 3 is 2.95 bits per heavy atom. The highest BCUT2D eigenvalue weighted by atomic mass is 79.9. The van der Waals surface area contributed by atoms with Crippen molar-refractivity contribution in [3.05, 3.63) is 58.1 Å². The van der Waals surface area contributed by atoms with Crippen LogP contribution in [0.3, 0.4) is 0 Å². The van der Waals surface area contributed by atoms with E-state index in [1.54, 1.807) is 11.3 Å². The lowest BCUT2D eigenvalue weighted by Crippen LogP contribution is -1.88. The zero-order valence-corrected chi connectivity index (χ0v) is 13.4. The van der Waals surface area contributed by atoms with E-state index in [0.29, 0.717) is 0 Å². The van der Waals surface area contributed by atoms with Crippen molar-refractivity contribution in [2.45, 2.75) is 13.3 Å². The molecule has 1 aromatic carbocycles. The van der Waals surface area contributed by atoms with Crippen molar-refractivity contribution >= 4 is 27.3 Å². The maximum absolute atomic E-state index is 4.76. The fourth-order valence-electron chi connectivity index (χ4n) is 2.10. The van der Waals surface area contributed by atoms with Gasteiger partial charge in [0, 0.05) is 33.4 Å². The van der Waals surface area contributed by atoms with Gasteiger partial charge in [-0.1, -0.05) is 35.0 Å². The second-order valence-corrected chi connectivity index (χ2v) is 6.21. The van der Waals surface area contributed by atoms with Crippen molar-refractivity contribution < 1.29 is 0 Å². The average molecular weight is 345 g/mol. The highest BCUT2D eigenvalue weighted by Gasteiger charge is 2.10. The molecule has 20 heavy (non-hydrogen) atoms. The summed E-state index contributed by atoms with van der Waals surface area (Å²) in [6.07, 6.45) is 4.73. The van der Waals surface area contributed by atoms with Crippen LogP contribution in [0.4, 0.5) is 0 Å². The van der Waals surface area contributed by atoms with Gasteiger partial charge in [0.2, 0.25) is 0 Å². The molecule has 3 rings (SSSR count). The summed E-state index contributed by atoms with van der Waals surface area (Å²) in [7, 11) is 0. The van der Waals surface area contributed by atoms with E-state index in [1.807, 2.05) is 24.5 Å². The van der Waals surface area contributed by atoms with Crippen molar-refractivity contribution in [3.8, 4) is 21.8 Å². The van der Waals surface area contributed by atoms with Crippen molar-refractivity contribution in [2.75, 3.05) is 0 Å². The molecule has 2 nitrogen and oxygen atoms in total. The molecule has 0 saturated carbocycles. The number of hydrogen-bond donors (Lipinski definition) is 0. The molecule has 0 unspecified atom stereocenters. The van der Waals surface area contributed by atoms with E-state index in [2.05, 4.69) is 51.4 Å². The standard InChI is InChI=1S/C16H13BrN2S/c1-2-11-6-7-18-9-14(11)16-19-15(10-20-16)12-4-3-5-13(17)8-12/h3-10H,2H2,1H3. The topological polar surface area (TPSA) is 25.8 Å². The van der Waals surface area contributed by atoms with Crippen LogP contribution in [-0.2, 0) is 6.42 Å². The van der Waals surface area contributed by atoms with Crippen LogP contribution in [0, 0.1) is 0 Å². The minimum Gasteiger partial charge on any atom is -0.264 e. The molecule has 4 heteroatoms. The number of thiazole rings is 1. The van der Waals surface area contributed by atoms with Crippen molar-refractivity contribution in [3.63, 3.8) is 0 Å². The third-order valence-corrected chi connectivity index (χ3v) is 4.52. The summed E-state index contributed by atoms with van der Waals surface area (Å²) in [6, 6.07) is 10.3. The third kappa shape index (κ3) is 2.67. The molecule has 2 heterocycles. The van der Waals surface area contributed by atoms with Crippen LogP contribution in [0.1, 0.15) is 12.5 Å². The van der Waals surface area contributed by atoms with E-state index in [4.69, 9.17) is 4.98 Å². The molecule has 0 spiro atoms.